The van der Waals surface area contributed by atoms with Gasteiger partial charge in [0.1, 0.15) is 0 Å². The summed E-state index contributed by atoms with van der Waals surface area (Å²) in [4.78, 5) is 18.6. The molecule has 3 heterocycles. The highest BCUT2D eigenvalue weighted by Crippen LogP contribution is 2.32. The van der Waals surface area contributed by atoms with Crippen molar-refractivity contribution in [2.75, 3.05) is 25.9 Å². The molecular formula is C16H23N3O3S. The summed E-state index contributed by atoms with van der Waals surface area (Å²) in [7, 11) is -3.14. The number of amides is 1. The Labute approximate surface area is 137 Å². The standard InChI is InChI=1S/C16H23N3O3S/c1-23(21,22)18-10-8-15-13(12-18)5-6-16(20)19(15)11-7-14-4-2-3-9-17-14/h2-4,9,13,15H,5-8,10-12H2,1H3/t13-,15+/m0/s1. The van der Waals surface area contributed by atoms with Gasteiger partial charge in [-0.3, -0.25) is 9.78 Å². The molecule has 7 heteroatoms. The highest BCUT2D eigenvalue weighted by atomic mass is 32.2. The Bertz CT molecular complexity index is 662. The first kappa shape index (κ1) is 16.4. The molecule has 6 nitrogen and oxygen atoms in total. The number of piperidine rings is 2. The van der Waals surface area contributed by atoms with Crippen molar-refractivity contribution in [2.45, 2.75) is 31.7 Å². The van der Waals surface area contributed by atoms with Gasteiger partial charge in [-0.15, -0.1) is 0 Å². The highest BCUT2D eigenvalue weighted by molar-refractivity contribution is 7.88. The molecule has 2 atom stereocenters. The molecule has 2 saturated heterocycles. The van der Waals surface area contributed by atoms with Crippen LogP contribution in [-0.4, -0.2) is 60.4 Å². The average molecular weight is 337 g/mol. The predicted octanol–water partition coefficient (Wildman–Crippen LogP) is 0.897. The van der Waals surface area contributed by atoms with Crippen molar-refractivity contribution in [1.29, 1.82) is 0 Å². The van der Waals surface area contributed by atoms with Crippen LogP contribution in [-0.2, 0) is 21.2 Å². The minimum absolute atomic E-state index is 0.165. The molecule has 1 aromatic heterocycles. The summed E-state index contributed by atoms with van der Waals surface area (Å²) < 4.78 is 25.1. The van der Waals surface area contributed by atoms with E-state index in [0.29, 0.717) is 26.1 Å². The van der Waals surface area contributed by atoms with Crippen LogP contribution < -0.4 is 0 Å². The van der Waals surface area contributed by atoms with Crippen LogP contribution in [0.3, 0.4) is 0 Å². The lowest BCUT2D eigenvalue weighted by Crippen LogP contribution is -2.57. The Morgan fingerprint density at radius 1 is 1.30 bits per heavy atom. The van der Waals surface area contributed by atoms with Gasteiger partial charge in [0.2, 0.25) is 15.9 Å². The summed E-state index contributed by atoms with van der Waals surface area (Å²) in [6, 6.07) is 5.97. The SMILES string of the molecule is CS(=O)(=O)N1CC[C@@H]2[C@@H](CCC(=O)N2CCc2ccccn2)C1. The molecule has 0 unspecified atom stereocenters. The van der Waals surface area contributed by atoms with Crippen LogP contribution in [0.5, 0.6) is 0 Å². The van der Waals surface area contributed by atoms with E-state index in [1.807, 2.05) is 23.1 Å². The molecule has 0 saturated carbocycles. The largest absolute Gasteiger partial charge is 0.339 e. The Morgan fingerprint density at radius 3 is 2.83 bits per heavy atom. The van der Waals surface area contributed by atoms with E-state index in [0.717, 1.165) is 25.0 Å². The summed E-state index contributed by atoms with van der Waals surface area (Å²) >= 11 is 0. The van der Waals surface area contributed by atoms with Gasteiger partial charge in [-0.05, 0) is 30.9 Å². The van der Waals surface area contributed by atoms with E-state index in [4.69, 9.17) is 0 Å². The van der Waals surface area contributed by atoms with Crippen molar-refractivity contribution >= 4 is 15.9 Å². The van der Waals surface area contributed by atoms with Crippen LogP contribution in [0.15, 0.2) is 24.4 Å². The Kier molecular flexibility index (Phi) is 4.68. The summed E-state index contributed by atoms with van der Waals surface area (Å²) in [6.45, 7) is 1.71. The number of carbonyl (C=O) groups is 1. The van der Waals surface area contributed by atoms with Gasteiger partial charge in [-0.1, -0.05) is 6.07 Å². The van der Waals surface area contributed by atoms with Crippen LogP contribution in [0, 0.1) is 5.92 Å². The van der Waals surface area contributed by atoms with Crippen LogP contribution in [0.4, 0.5) is 0 Å². The number of carbonyl (C=O) groups excluding carboxylic acids is 1. The van der Waals surface area contributed by atoms with Gasteiger partial charge in [0.05, 0.1) is 6.26 Å². The third kappa shape index (κ3) is 3.72. The fraction of sp³-hybridized carbons (Fsp3) is 0.625. The Balaban J connectivity index is 1.67. The fourth-order valence-corrected chi connectivity index (χ4v) is 4.59. The van der Waals surface area contributed by atoms with E-state index in [1.54, 1.807) is 10.5 Å². The van der Waals surface area contributed by atoms with Gasteiger partial charge in [-0.25, -0.2) is 12.7 Å². The van der Waals surface area contributed by atoms with Crippen LogP contribution in [0.25, 0.3) is 0 Å². The van der Waals surface area contributed by atoms with Crippen LogP contribution in [0.2, 0.25) is 0 Å². The molecule has 0 aliphatic carbocycles. The first-order chi connectivity index (χ1) is 10.9. The van der Waals surface area contributed by atoms with Crippen molar-refractivity contribution in [3.8, 4) is 0 Å². The van der Waals surface area contributed by atoms with Crippen molar-refractivity contribution in [2.24, 2.45) is 5.92 Å². The second-order valence-corrected chi connectivity index (χ2v) is 8.42. The van der Waals surface area contributed by atoms with E-state index >= 15 is 0 Å². The maximum atomic E-state index is 12.3. The number of aromatic nitrogens is 1. The number of hydrogen-bond acceptors (Lipinski definition) is 4. The Morgan fingerprint density at radius 2 is 2.13 bits per heavy atom. The zero-order valence-corrected chi connectivity index (χ0v) is 14.2. The average Bonchev–Trinajstić information content (AvgIpc) is 2.53. The summed E-state index contributed by atoms with van der Waals surface area (Å²) in [5.74, 6) is 0.440. The lowest BCUT2D eigenvalue weighted by molar-refractivity contribution is -0.140. The molecule has 2 fully saturated rings. The molecule has 2 aliphatic rings. The first-order valence-electron chi connectivity index (χ1n) is 8.09. The molecule has 1 amide bonds. The first-order valence-corrected chi connectivity index (χ1v) is 9.94. The van der Waals surface area contributed by atoms with E-state index in [-0.39, 0.29) is 17.9 Å². The van der Waals surface area contributed by atoms with Gasteiger partial charge in [0, 0.05) is 50.4 Å². The molecule has 1 aromatic rings. The second kappa shape index (κ2) is 6.57. The lowest BCUT2D eigenvalue weighted by atomic mass is 9.84. The molecule has 3 rings (SSSR count). The summed E-state index contributed by atoms with van der Waals surface area (Å²) in [5.41, 5.74) is 0.982. The van der Waals surface area contributed by atoms with E-state index in [9.17, 15) is 13.2 Å². The van der Waals surface area contributed by atoms with Gasteiger partial charge in [0.15, 0.2) is 0 Å². The number of rotatable bonds is 4. The van der Waals surface area contributed by atoms with Crippen molar-refractivity contribution in [1.82, 2.24) is 14.2 Å². The van der Waals surface area contributed by atoms with Crippen LogP contribution in [0.1, 0.15) is 25.0 Å². The predicted molar refractivity (Wildman–Crippen MR) is 87.2 cm³/mol. The normalized spacial score (nSPS) is 26.1. The molecule has 0 radical (unpaired) electrons. The highest BCUT2D eigenvalue weighted by Gasteiger charge is 2.40. The zero-order valence-electron chi connectivity index (χ0n) is 13.4. The van der Waals surface area contributed by atoms with Crippen molar-refractivity contribution in [3.05, 3.63) is 30.1 Å². The molecular weight excluding hydrogens is 314 g/mol. The fourth-order valence-electron chi connectivity index (χ4n) is 3.69. The lowest BCUT2D eigenvalue weighted by Gasteiger charge is -2.46. The topological polar surface area (TPSA) is 70.6 Å². The molecule has 2 aliphatic heterocycles. The number of likely N-dealkylation sites (tertiary alicyclic amines) is 1. The molecule has 0 spiro atoms. The Hall–Kier alpha value is -1.47. The number of pyridine rings is 1. The van der Waals surface area contributed by atoms with Gasteiger partial charge < -0.3 is 4.90 Å². The molecule has 126 valence electrons. The third-order valence-electron chi connectivity index (χ3n) is 4.91. The van der Waals surface area contributed by atoms with Crippen molar-refractivity contribution < 1.29 is 13.2 Å². The maximum absolute atomic E-state index is 12.3. The molecule has 0 aromatic carbocycles. The second-order valence-electron chi connectivity index (χ2n) is 6.43. The number of hydrogen-bond donors (Lipinski definition) is 0. The van der Waals surface area contributed by atoms with Crippen molar-refractivity contribution in [3.63, 3.8) is 0 Å². The molecule has 0 N–H and O–H groups in total. The monoisotopic (exact) mass is 337 g/mol. The summed E-state index contributed by atoms with van der Waals surface area (Å²) in [6.07, 6.45) is 5.80. The van der Waals surface area contributed by atoms with E-state index in [2.05, 4.69) is 4.98 Å². The number of fused-ring (bicyclic) bond motifs is 1. The minimum atomic E-state index is -3.14. The smallest absolute Gasteiger partial charge is 0.222 e. The summed E-state index contributed by atoms with van der Waals surface area (Å²) in [5, 5.41) is 0. The van der Waals surface area contributed by atoms with Crippen LogP contribution >= 0.6 is 0 Å². The maximum Gasteiger partial charge on any atom is 0.222 e. The van der Waals surface area contributed by atoms with E-state index < -0.39 is 10.0 Å². The van der Waals surface area contributed by atoms with E-state index in [1.165, 1.54) is 6.26 Å². The zero-order chi connectivity index (χ0) is 16.4. The van der Waals surface area contributed by atoms with Gasteiger partial charge >= 0.3 is 0 Å². The third-order valence-corrected chi connectivity index (χ3v) is 6.18. The number of nitrogens with zero attached hydrogens (tertiary/aromatic N) is 3. The van der Waals surface area contributed by atoms with Gasteiger partial charge in [0.25, 0.3) is 0 Å². The number of sulfonamides is 1. The van der Waals surface area contributed by atoms with Gasteiger partial charge in [-0.2, -0.15) is 0 Å². The quantitative estimate of drug-likeness (QED) is 0.818. The molecule has 23 heavy (non-hydrogen) atoms. The minimum Gasteiger partial charge on any atom is -0.339 e. The molecule has 0 bridgehead atoms.